The van der Waals surface area contributed by atoms with Crippen molar-refractivity contribution >= 4 is 33.4 Å². The number of anilines is 1. The lowest BCUT2D eigenvalue weighted by Crippen LogP contribution is -2.46. The average molecular weight is 351 g/mol. The molecule has 0 spiro atoms. The van der Waals surface area contributed by atoms with E-state index in [1.807, 2.05) is 26.0 Å². The molecule has 1 aliphatic heterocycles. The van der Waals surface area contributed by atoms with E-state index in [2.05, 4.69) is 21.2 Å². The number of amides is 2. The summed E-state index contributed by atoms with van der Waals surface area (Å²) in [6.45, 7) is 4.47. The van der Waals surface area contributed by atoms with E-state index in [1.54, 1.807) is 4.90 Å². The molecule has 21 heavy (non-hydrogen) atoms. The fourth-order valence-electron chi connectivity index (χ4n) is 3.10. The van der Waals surface area contributed by atoms with Gasteiger partial charge in [-0.05, 0) is 55.9 Å². The summed E-state index contributed by atoms with van der Waals surface area (Å²) in [5, 5.41) is 2.90. The normalized spacial score (nSPS) is 23.0. The van der Waals surface area contributed by atoms with Gasteiger partial charge in [0.15, 0.2) is 0 Å². The van der Waals surface area contributed by atoms with E-state index < -0.39 is 0 Å². The van der Waals surface area contributed by atoms with Crippen LogP contribution in [0, 0.1) is 19.8 Å². The van der Waals surface area contributed by atoms with Gasteiger partial charge >= 0.3 is 0 Å². The number of nitrogens with one attached hydrogen (secondary N) is 1. The van der Waals surface area contributed by atoms with Crippen LogP contribution in [-0.4, -0.2) is 24.4 Å². The van der Waals surface area contributed by atoms with Crippen molar-refractivity contribution in [2.24, 2.45) is 5.92 Å². The Balaban J connectivity index is 2.00. The predicted molar refractivity (Wildman–Crippen MR) is 85.2 cm³/mol. The zero-order valence-electron chi connectivity index (χ0n) is 12.3. The SMILES string of the molecule is Cc1cc(Br)cc(C)c1N1CCC(=O)NC(C2CC2)C1=O. The first-order valence-corrected chi connectivity index (χ1v) is 8.14. The number of halogens is 1. The summed E-state index contributed by atoms with van der Waals surface area (Å²) in [6, 6.07) is 3.69. The van der Waals surface area contributed by atoms with Crippen molar-refractivity contribution in [3.63, 3.8) is 0 Å². The van der Waals surface area contributed by atoms with Crippen LogP contribution in [-0.2, 0) is 9.59 Å². The number of nitrogens with zero attached hydrogens (tertiary/aromatic N) is 1. The number of benzene rings is 1. The maximum Gasteiger partial charge on any atom is 0.249 e. The fraction of sp³-hybridized carbons (Fsp3) is 0.500. The van der Waals surface area contributed by atoms with Crippen molar-refractivity contribution in [1.29, 1.82) is 0 Å². The Morgan fingerprint density at radius 1 is 1.19 bits per heavy atom. The number of rotatable bonds is 2. The van der Waals surface area contributed by atoms with E-state index in [0.717, 1.165) is 34.1 Å². The van der Waals surface area contributed by atoms with Crippen molar-refractivity contribution in [3.05, 3.63) is 27.7 Å². The van der Waals surface area contributed by atoms with E-state index in [9.17, 15) is 9.59 Å². The minimum atomic E-state index is -0.345. The van der Waals surface area contributed by atoms with Crippen LogP contribution >= 0.6 is 15.9 Å². The molecule has 1 heterocycles. The van der Waals surface area contributed by atoms with E-state index in [4.69, 9.17) is 0 Å². The first-order chi connectivity index (χ1) is 9.97. The molecule has 0 radical (unpaired) electrons. The first kappa shape index (κ1) is 14.6. The van der Waals surface area contributed by atoms with Crippen LogP contribution in [0.15, 0.2) is 16.6 Å². The van der Waals surface area contributed by atoms with E-state index in [-0.39, 0.29) is 17.9 Å². The van der Waals surface area contributed by atoms with Gasteiger partial charge in [-0.3, -0.25) is 9.59 Å². The minimum absolute atomic E-state index is 0.0184. The Morgan fingerprint density at radius 2 is 1.81 bits per heavy atom. The van der Waals surface area contributed by atoms with E-state index in [1.165, 1.54) is 0 Å². The summed E-state index contributed by atoms with van der Waals surface area (Å²) < 4.78 is 1.01. The molecule has 112 valence electrons. The highest BCUT2D eigenvalue weighted by molar-refractivity contribution is 9.10. The van der Waals surface area contributed by atoms with Crippen LogP contribution in [0.2, 0.25) is 0 Å². The van der Waals surface area contributed by atoms with Gasteiger partial charge in [-0.15, -0.1) is 0 Å². The van der Waals surface area contributed by atoms with Crippen molar-refractivity contribution < 1.29 is 9.59 Å². The highest BCUT2D eigenvalue weighted by Crippen LogP contribution is 2.36. The van der Waals surface area contributed by atoms with Crippen LogP contribution in [0.25, 0.3) is 0 Å². The number of hydrogen-bond acceptors (Lipinski definition) is 2. The third-order valence-electron chi connectivity index (χ3n) is 4.23. The summed E-state index contributed by atoms with van der Waals surface area (Å²) in [6.07, 6.45) is 2.43. The minimum Gasteiger partial charge on any atom is -0.344 e. The topological polar surface area (TPSA) is 49.4 Å². The molecule has 1 atom stereocenters. The third-order valence-corrected chi connectivity index (χ3v) is 4.69. The standard InChI is InChI=1S/C16H19BrN2O2/c1-9-7-12(17)8-10(2)15(9)19-6-5-13(20)18-14(16(19)21)11-3-4-11/h7-8,11,14H,3-6H2,1-2H3,(H,18,20). The molecule has 1 aromatic carbocycles. The summed E-state index contributed by atoms with van der Waals surface area (Å²) in [4.78, 5) is 26.5. The Bertz CT molecular complexity index is 587. The Kier molecular flexibility index (Phi) is 3.78. The lowest BCUT2D eigenvalue weighted by atomic mass is 10.1. The molecule has 3 rings (SSSR count). The molecule has 2 amide bonds. The molecule has 1 aliphatic carbocycles. The van der Waals surface area contributed by atoms with Gasteiger partial charge in [0.25, 0.3) is 0 Å². The highest BCUT2D eigenvalue weighted by Gasteiger charge is 2.41. The van der Waals surface area contributed by atoms with Crippen molar-refractivity contribution in [3.8, 4) is 0 Å². The van der Waals surface area contributed by atoms with Gasteiger partial charge < -0.3 is 10.2 Å². The first-order valence-electron chi connectivity index (χ1n) is 7.35. The smallest absolute Gasteiger partial charge is 0.249 e. The Labute approximate surface area is 133 Å². The van der Waals surface area contributed by atoms with Crippen LogP contribution in [0.4, 0.5) is 5.69 Å². The maximum atomic E-state index is 12.9. The van der Waals surface area contributed by atoms with Gasteiger partial charge in [0, 0.05) is 23.1 Å². The molecule has 1 saturated carbocycles. The lowest BCUT2D eigenvalue weighted by Gasteiger charge is -2.27. The van der Waals surface area contributed by atoms with Gasteiger partial charge in [0.1, 0.15) is 6.04 Å². The van der Waals surface area contributed by atoms with Gasteiger partial charge in [0.2, 0.25) is 11.8 Å². The zero-order chi connectivity index (χ0) is 15.1. The number of hydrogen-bond donors (Lipinski definition) is 1. The van der Waals surface area contributed by atoms with Crippen LogP contribution in [0.5, 0.6) is 0 Å². The largest absolute Gasteiger partial charge is 0.344 e. The quantitative estimate of drug-likeness (QED) is 0.891. The summed E-state index contributed by atoms with van der Waals surface area (Å²) in [5.41, 5.74) is 3.06. The second-order valence-corrected chi connectivity index (χ2v) is 6.93. The van der Waals surface area contributed by atoms with Crippen LogP contribution in [0.1, 0.15) is 30.4 Å². The average Bonchev–Trinajstić information content (AvgIpc) is 3.21. The molecule has 1 unspecified atom stereocenters. The lowest BCUT2D eigenvalue weighted by molar-refractivity contribution is -0.126. The van der Waals surface area contributed by atoms with Crippen molar-refractivity contribution in [1.82, 2.24) is 5.32 Å². The summed E-state index contributed by atoms with van der Waals surface area (Å²) >= 11 is 3.49. The van der Waals surface area contributed by atoms with Crippen molar-refractivity contribution in [2.75, 3.05) is 11.4 Å². The van der Waals surface area contributed by atoms with Crippen LogP contribution in [0.3, 0.4) is 0 Å². The third kappa shape index (κ3) is 2.84. The van der Waals surface area contributed by atoms with E-state index >= 15 is 0 Å². The molecule has 1 N–H and O–H groups in total. The molecule has 5 heteroatoms. The van der Waals surface area contributed by atoms with Gasteiger partial charge in [0.05, 0.1) is 0 Å². The second kappa shape index (κ2) is 5.44. The molecule has 2 fully saturated rings. The molecular formula is C16H19BrN2O2. The highest BCUT2D eigenvalue weighted by atomic mass is 79.9. The summed E-state index contributed by atoms with van der Waals surface area (Å²) in [7, 11) is 0. The van der Waals surface area contributed by atoms with Gasteiger partial charge in [-0.25, -0.2) is 0 Å². The molecule has 0 bridgehead atoms. The monoisotopic (exact) mass is 350 g/mol. The number of carbonyl (C=O) groups is 2. The number of aryl methyl sites for hydroxylation is 2. The molecule has 1 saturated heterocycles. The van der Waals surface area contributed by atoms with Gasteiger partial charge in [-0.1, -0.05) is 15.9 Å². The van der Waals surface area contributed by atoms with Crippen LogP contribution < -0.4 is 10.2 Å². The Morgan fingerprint density at radius 3 is 2.38 bits per heavy atom. The number of carbonyl (C=O) groups excluding carboxylic acids is 2. The van der Waals surface area contributed by atoms with Gasteiger partial charge in [-0.2, -0.15) is 0 Å². The maximum absolute atomic E-state index is 12.9. The Hall–Kier alpha value is -1.36. The fourth-order valence-corrected chi connectivity index (χ4v) is 3.79. The molecule has 4 nitrogen and oxygen atoms in total. The zero-order valence-corrected chi connectivity index (χ0v) is 13.9. The molecule has 2 aliphatic rings. The predicted octanol–water partition coefficient (Wildman–Crippen LogP) is 2.70. The molecule has 1 aromatic rings. The summed E-state index contributed by atoms with van der Waals surface area (Å²) in [5.74, 6) is 0.338. The molecular weight excluding hydrogens is 332 g/mol. The van der Waals surface area contributed by atoms with Crippen molar-refractivity contribution in [2.45, 2.75) is 39.2 Å². The molecule has 0 aromatic heterocycles. The van der Waals surface area contributed by atoms with E-state index in [0.29, 0.717) is 18.9 Å². The second-order valence-electron chi connectivity index (χ2n) is 6.01.